The first kappa shape index (κ1) is 18.6. The second-order valence-electron chi connectivity index (χ2n) is 6.55. The second-order valence-corrected chi connectivity index (χ2v) is 6.55. The van der Waals surface area contributed by atoms with E-state index in [0.717, 1.165) is 56.0 Å². The van der Waals surface area contributed by atoms with Gasteiger partial charge < -0.3 is 14.8 Å². The largest absolute Gasteiger partial charge is 0.497 e. The summed E-state index contributed by atoms with van der Waals surface area (Å²) in [4.78, 5) is 14.6. The molecule has 0 bridgehead atoms. The molecule has 0 aliphatic carbocycles. The van der Waals surface area contributed by atoms with Crippen LogP contribution in [0.4, 0.5) is 0 Å². The summed E-state index contributed by atoms with van der Waals surface area (Å²) in [6.07, 6.45) is 2.81. The molecule has 2 rings (SSSR count). The zero-order chi connectivity index (χ0) is 17.5. The standard InChI is InChI=1S/C19H30N2O3/c1-5-14(2)20-19(22)15-8-10-21(11-9-15)13-16-6-7-17(23-3)12-18(16)24-4/h6-7,12,14-15H,5,8-11,13H2,1-4H3,(H,20,22)/t14-/m0/s1. The number of carbonyl (C=O) groups is 1. The Bertz CT molecular complexity index is 539. The van der Waals surface area contributed by atoms with Crippen molar-refractivity contribution in [1.82, 2.24) is 10.2 Å². The molecule has 1 N–H and O–H groups in total. The Hall–Kier alpha value is -1.75. The summed E-state index contributed by atoms with van der Waals surface area (Å²) in [6, 6.07) is 6.20. The van der Waals surface area contributed by atoms with Gasteiger partial charge in [-0.25, -0.2) is 0 Å². The number of ether oxygens (including phenoxy) is 2. The molecule has 1 aliphatic rings. The number of hydrogen-bond acceptors (Lipinski definition) is 4. The summed E-state index contributed by atoms with van der Waals surface area (Å²) in [5.41, 5.74) is 1.15. The fourth-order valence-corrected chi connectivity index (χ4v) is 3.04. The highest BCUT2D eigenvalue weighted by Gasteiger charge is 2.26. The predicted octanol–water partition coefficient (Wildman–Crippen LogP) is 2.83. The fraction of sp³-hybridized carbons (Fsp3) is 0.632. The molecule has 1 aromatic carbocycles. The first-order chi connectivity index (χ1) is 11.6. The van der Waals surface area contributed by atoms with Crippen LogP contribution in [0.25, 0.3) is 0 Å². The summed E-state index contributed by atoms with van der Waals surface area (Å²) in [7, 11) is 3.34. The summed E-state index contributed by atoms with van der Waals surface area (Å²) in [6.45, 7) is 6.87. The van der Waals surface area contributed by atoms with Crippen molar-refractivity contribution in [1.29, 1.82) is 0 Å². The van der Waals surface area contributed by atoms with Crippen LogP contribution in [0.15, 0.2) is 18.2 Å². The van der Waals surface area contributed by atoms with Gasteiger partial charge in [0.25, 0.3) is 0 Å². The van der Waals surface area contributed by atoms with Crippen molar-refractivity contribution in [2.24, 2.45) is 5.92 Å². The Kier molecular flexibility index (Phi) is 6.91. The highest BCUT2D eigenvalue weighted by Crippen LogP contribution is 2.27. The minimum atomic E-state index is 0.146. The van der Waals surface area contributed by atoms with Crippen molar-refractivity contribution in [3.05, 3.63) is 23.8 Å². The van der Waals surface area contributed by atoms with Crippen molar-refractivity contribution < 1.29 is 14.3 Å². The topological polar surface area (TPSA) is 50.8 Å². The van der Waals surface area contributed by atoms with Gasteiger partial charge in [-0.05, 0) is 45.3 Å². The Balaban J connectivity index is 1.88. The number of rotatable bonds is 7. The van der Waals surface area contributed by atoms with Crippen LogP contribution in [-0.4, -0.2) is 44.2 Å². The van der Waals surface area contributed by atoms with E-state index in [2.05, 4.69) is 30.1 Å². The lowest BCUT2D eigenvalue weighted by Crippen LogP contribution is -2.42. The molecule has 24 heavy (non-hydrogen) atoms. The Labute approximate surface area is 145 Å². The molecular formula is C19H30N2O3. The summed E-state index contributed by atoms with van der Waals surface area (Å²) in [5, 5.41) is 3.10. The molecule has 0 saturated carbocycles. The molecule has 5 heteroatoms. The minimum absolute atomic E-state index is 0.146. The molecule has 0 spiro atoms. The third-order valence-corrected chi connectivity index (χ3v) is 4.85. The quantitative estimate of drug-likeness (QED) is 0.833. The first-order valence-electron chi connectivity index (χ1n) is 8.81. The van der Waals surface area contributed by atoms with Crippen LogP contribution in [-0.2, 0) is 11.3 Å². The normalized spacial score (nSPS) is 17.3. The first-order valence-corrected chi connectivity index (χ1v) is 8.81. The number of carbonyl (C=O) groups excluding carboxylic acids is 1. The van der Waals surface area contributed by atoms with Crippen LogP contribution in [0.1, 0.15) is 38.7 Å². The van der Waals surface area contributed by atoms with Crippen LogP contribution in [0, 0.1) is 5.92 Å². The Morgan fingerprint density at radius 2 is 2.00 bits per heavy atom. The molecule has 1 saturated heterocycles. The molecule has 1 aliphatic heterocycles. The van der Waals surface area contributed by atoms with Gasteiger partial charge >= 0.3 is 0 Å². The van der Waals surface area contributed by atoms with Crippen LogP contribution < -0.4 is 14.8 Å². The number of nitrogens with zero attached hydrogens (tertiary/aromatic N) is 1. The maximum atomic E-state index is 12.2. The average molecular weight is 334 g/mol. The highest BCUT2D eigenvalue weighted by molar-refractivity contribution is 5.79. The van der Waals surface area contributed by atoms with Crippen LogP contribution >= 0.6 is 0 Å². The van der Waals surface area contributed by atoms with Crippen LogP contribution in [0.5, 0.6) is 11.5 Å². The van der Waals surface area contributed by atoms with E-state index in [1.807, 2.05) is 12.1 Å². The Morgan fingerprint density at radius 3 is 2.58 bits per heavy atom. The molecule has 1 aromatic rings. The molecular weight excluding hydrogens is 304 g/mol. The summed E-state index contributed by atoms with van der Waals surface area (Å²) in [5.74, 6) is 2.01. The second kappa shape index (κ2) is 8.92. The molecule has 1 atom stereocenters. The predicted molar refractivity (Wildman–Crippen MR) is 95.4 cm³/mol. The van der Waals surface area contributed by atoms with Crippen molar-refractivity contribution >= 4 is 5.91 Å². The van der Waals surface area contributed by atoms with Gasteiger partial charge in [0.05, 0.1) is 14.2 Å². The molecule has 1 amide bonds. The number of methoxy groups -OCH3 is 2. The highest BCUT2D eigenvalue weighted by atomic mass is 16.5. The number of piperidine rings is 1. The number of nitrogens with one attached hydrogen (secondary N) is 1. The zero-order valence-electron chi connectivity index (χ0n) is 15.3. The van der Waals surface area contributed by atoms with Gasteiger partial charge in [-0.15, -0.1) is 0 Å². The number of hydrogen-bond donors (Lipinski definition) is 1. The molecule has 1 fully saturated rings. The van der Waals surface area contributed by atoms with Gasteiger partial charge in [0, 0.05) is 30.1 Å². The summed E-state index contributed by atoms with van der Waals surface area (Å²) < 4.78 is 10.7. The average Bonchev–Trinajstić information content (AvgIpc) is 2.62. The van der Waals surface area contributed by atoms with Gasteiger partial charge in [0.2, 0.25) is 5.91 Å². The lowest BCUT2D eigenvalue weighted by molar-refractivity contribution is -0.127. The van der Waals surface area contributed by atoms with Crippen LogP contribution in [0.3, 0.4) is 0 Å². The third-order valence-electron chi connectivity index (χ3n) is 4.85. The van der Waals surface area contributed by atoms with E-state index >= 15 is 0 Å². The number of likely N-dealkylation sites (tertiary alicyclic amines) is 1. The van der Waals surface area contributed by atoms with Crippen molar-refractivity contribution in [2.45, 2.75) is 45.7 Å². The van der Waals surface area contributed by atoms with Gasteiger partial charge in [-0.2, -0.15) is 0 Å². The monoisotopic (exact) mass is 334 g/mol. The minimum Gasteiger partial charge on any atom is -0.497 e. The molecule has 0 unspecified atom stereocenters. The lowest BCUT2D eigenvalue weighted by Gasteiger charge is -2.32. The smallest absolute Gasteiger partial charge is 0.223 e. The van der Waals surface area contributed by atoms with Gasteiger partial charge in [0.1, 0.15) is 11.5 Å². The molecule has 0 aromatic heterocycles. The van der Waals surface area contributed by atoms with Gasteiger partial charge in [0.15, 0.2) is 0 Å². The van der Waals surface area contributed by atoms with Crippen LogP contribution in [0.2, 0.25) is 0 Å². The fourth-order valence-electron chi connectivity index (χ4n) is 3.04. The van der Waals surface area contributed by atoms with Gasteiger partial charge in [-0.1, -0.05) is 13.0 Å². The van der Waals surface area contributed by atoms with Crippen molar-refractivity contribution in [2.75, 3.05) is 27.3 Å². The van der Waals surface area contributed by atoms with E-state index in [0.29, 0.717) is 0 Å². The maximum Gasteiger partial charge on any atom is 0.223 e. The Morgan fingerprint density at radius 1 is 1.29 bits per heavy atom. The molecule has 1 heterocycles. The summed E-state index contributed by atoms with van der Waals surface area (Å²) >= 11 is 0. The van der Waals surface area contributed by atoms with E-state index in [1.165, 1.54) is 0 Å². The number of benzene rings is 1. The van der Waals surface area contributed by atoms with E-state index in [1.54, 1.807) is 14.2 Å². The SMILES string of the molecule is CC[C@H](C)NC(=O)C1CCN(Cc2ccc(OC)cc2OC)CC1. The van der Waals surface area contributed by atoms with E-state index < -0.39 is 0 Å². The van der Waals surface area contributed by atoms with Crippen molar-refractivity contribution in [3.63, 3.8) is 0 Å². The van der Waals surface area contributed by atoms with E-state index in [-0.39, 0.29) is 17.9 Å². The molecule has 134 valence electrons. The molecule has 5 nitrogen and oxygen atoms in total. The zero-order valence-corrected chi connectivity index (χ0v) is 15.3. The van der Waals surface area contributed by atoms with Gasteiger partial charge in [-0.3, -0.25) is 9.69 Å². The third kappa shape index (κ3) is 4.87. The molecule has 0 radical (unpaired) electrons. The maximum absolute atomic E-state index is 12.2. The van der Waals surface area contributed by atoms with Crippen molar-refractivity contribution in [3.8, 4) is 11.5 Å². The van der Waals surface area contributed by atoms with E-state index in [9.17, 15) is 4.79 Å². The van der Waals surface area contributed by atoms with E-state index in [4.69, 9.17) is 9.47 Å². The number of amides is 1. The lowest BCUT2D eigenvalue weighted by atomic mass is 9.95.